The lowest BCUT2D eigenvalue weighted by Gasteiger charge is -2.26. The quantitative estimate of drug-likeness (QED) is 0.654. The number of urea groups is 1. The summed E-state index contributed by atoms with van der Waals surface area (Å²) in [5.74, 6) is -0.373. The molecule has 2 N–H and O–H groups in total. The van der Waals surface area contributed by atoms with Crippen LogP contribution in [0.4, 0.5) is 4.79 Å². The minimum Gasteiger partial charge on any atom is -0.348 e. The lowest BCUT2D eigenvalue weighted by Crippen LogP contribution is -2.45. The molecule has 2 aromatic rings. The fraction of sp³-hybridized carbons (Fsp3) is 0.375. The molecule has 0 radical (unpaired) electrons. The fourth-order valence-electron chi connectivity index (χ4n) is 3.95. The standard InChI is InChI=1S/C24H29N3O3/c1-4-24(19-13-9-6-10-14-19)22(29)27(23(30)26-24)16-21(28)25-20(15-17(2)3)18-11-7-5-8-12-18/h5-14,17,20H,4,15-16H2,1-3H3,(H,25,28)(H,26,30)/t20-,24-/m0/s1. The van der Waals surface area contributed by atoms with Gasteiger partial charge >= 0.3 is 6.03 Å². The van der Waals surface area contributed by atoms with Crippen molar-refractivity contribution >= 4 is 17.8 Å². The van der Waals surface area contributed by atoms with Crippen molar-refractivity contribution in [2.75, 3.05) is 6.54 Å². The predicted octanol–water partition coefficient (Wildman–Crippen LogP) is 3.75. The Morgan fingerprint density at radius 1 is 1.03 bits per heavy atom. The van der Waals surface area contributed by atoms with Gasteiger partial charge in [0.2, 0.25) is 5.91 Å². The summed E-state index contributed by atoms with van der Waals surface area (Å²) < 4.78 is 0. The van der Waals surface area contributed by atoms with Gasteiger partial charge in [-0.2, -0.15) is 0 Å². The summed E-state index contributed by atoms with van der Waals surface area (Å²) in [5, 5.41) is 5.82. The maximum Gasteiger partial charge on any atom is 0.325 e. The Hall–Kier alpha value is -3.15. The summed E-state index contributed by atoms with van der Waals surface area (Å²) in [5.41, 5.74) is 0.592. The highest BCUT2D eigenvalue weighted by molar-refractivity contribution is 6.09. The fourth-order valence-corrected chi connectivity index (χ4v) is 3.95. The zero-order valence-electron chi connectivity index (χ0n) is 17.7. The molecule has 6 nitrogen and oxygen atoms in total. The van der Waals surface area contributed by atoms with Crippen molar-refractivity contribution in [2.45, 2.75) is 45.2 Å². The molecule has 0 aliphatic carbocycles. The summed E-state index contributed by atoms with van der Waals surface area (Å²) >= 11 is 0. The predicted molar refractivity (Wildman–Crippen MR) is 115 cm³/mol. The van der Waals surface area contributed by atoms with Crippen molar-refractivity contribution in [1.82, 2.24) is 15.5 Å². The molecule has 1 heterocycles. The van der Waals surface area contributed by atoms with Gasteiger partial charge in [-0.1, -0.05) is 81.4 Å². The molecule has 2 aromatic carbocycles. The topological polar surface area (TPSA) is 78.5 Å². The molecule has 0 bridgehead atoms. The summed E-state index contributed by atoms with van der Waals surface area (Å²) in [6.07, 6.45) is 1.17. The maximum absolute atomic E-state index is 13.2. The number of benzene rings is 2. The third kappa shape index (κ3) is 4.37. The minimum absolute atomic E-state index is 0.176. The molecule has 0 unspecified atom stereocenters. The Kier molecular flexibility index (Phi) is 6.55. The van der Waals surface area contributed by atoms with Crippen LogP contribution in [0.5, 0.6) is 0 Å². The van der Waals surface area contributed by atoms with Crippen molar-refractivity contribution in [3.05, 3.63) is 71.8 Å². The van der Waals surface area contributed by atoms with Crippen LogP contribution < -0.4 is 10.6 Å². The summed E-state index contributed by atoms with van der Waals surface area (Å²) in [6, 6.07) is 18.2. The van der Waals surface area contributed by atoms with E-state index in [-0.39, 0.29) is 18.5 Å². The summed E-state index contributed by atoms with van der Waals surface area (Å²) in [4.78, 5) is 39.6. The molecule has 1 aliphatic rings. The van der Waals surface area contributed by atoms with E-state index in [9.17, 15) is 14.4 Å². The van der Waals surface area contributed by atoms with Crippen LogP contribution in [0.2, 0.25) is 0 Å². The SMILES string of the molecule is CC[C@@]1(c2ccccc2)NC(=O)N(CC(=O)N[C@@H](CC(C)C)c2ccccc2)C1=O. The van der Waals surface area contributed by atoms with Crippen LogP contribution in [-0.4, -0.2) is 29.3 Å². The smallest absolute Gasteiger partial charge is 0.325 e. The number of carbonyl (C=O) groups excluding carboxylic acids is 3. The van der Waals surface area contributed by atoms with E-state index in [1.165, 1.54) is 0 Å². The molecular weight excluding hydrogens is 378 g/mol. The van der Waals surface area contributed by atoms with E-state index in [1.807, 2.05) is 67.6 Å². The number of hydrogen-bond donors (Lipinski definition) is 2. The third-order valence-electron chi connectivity index (χ3n) is 5.52. The van der Waals surface area contributed by atoms with Gasteiger partial charge in [0.15, 0.2) is 0 Å². The number of nitrogens with zero attached hydrogens (tertiary/aromatic N) is 1. The lowest BCUT2D eigenvalue weighted by atomic mass is 9.87. The van der Waals surface area contributed by atoms with Crippen LogP contribution in [-0.2, 0) is 15.1 Å². The van der Waals surface area contributed by atoms with Gasteiger partial charge in [-0.3, -0.25) is 14.5 Å². The Labute approximate surface area is 177 Å². The van der Waals surface area contributed by atoms with E-state index < -0.39 is 17.5 Å². The third-order valence-corrected chi connectivity index (χ3v) is 5.52. The van der Waals surface area contributed by atoms with Gasteiger partial charge in [0.1, 0.15) is 12.1 Å². The highest BCUT2D eigenvalue weighted by Crippen LogP contribution is 2.32. The number of rotatable bonds is 8. The molecule has 0 spiro atoms. The molecule has 30 heavy (non-hydrogen) atoms. The zero-order valence-corrected chi connectivity index (χ0v) is 17.7. The van der Waals surface area contributed by atoms with Crippen molar-refractivity contribution in [1.29, 1.82) is 0 Å². The number of carbonyl (C=O) groups is 3. The zero-order chi connectivity index (χ0) is 21.7. The number of amides is 4. The molecule has 6 heteroatoms. The normalized spacial score (nSPS) is 19.7. The van der Waals surface area contributed by atoms with Crippen LogP contribution in [0, 0.1) is 5.92 Å². The molecule has 4 amide bonds. The van der Waals surface area contributed by atoms with Gasteiger partial charge in [0, 0.05) is 0 Å². The molecule has 1 saturated heterocycles. The molecule has 158 valence electrons. The Morgan fingerprint density at radius 2 is 1.63 bits per heavy atom. The number of imide groups is 1. The highest BCUT2D eigenvalue weighted by Gasteiger charge is 2.51. The first-order chi connectivity index (χ1) is 14.4. The largest absolute Gasteiger partial charge is 0.348 e. The van der Waals surface area contributed by atoms with E-state index in [0.717, 1.165) is 22.4 Å². The lowest BCUT2D eigenvalue weighted by molar-refractivity contribution is -0.135. The summed E-state index contributed by atoms with van der Waals surface area (Å²) in [6.45, 7) is 5.73. The van der Waals surface area contributed by atoms with Crippen LogP contribution >= 0.6 is 0 Å². The van der Waals surface area contributed by atoms with Gasteiger partial charge in [-0.05, 0) is 29.9 Å². The van der Waals surface area contributed by atoms with Crippen LogP contribution in [0.1, 0.15) is 50.8 Å². The minimum atomic E-state index is -1.13. The van der Waals surface area contributed by atoms with E-state index in [2.05, 4.69) is 24.5 Å². The number of nitrogens with one attached hydrogen (secondary N) is 2. The highest BCUT2D eigenvalue weighted by atomic mass is 16.2. The Balaban J connectivity index is 1.76. The van der Waals surface area contributed by atoms with E-state index >= 15 is 0 Å². The van der Waals surface area contributed by atoms with Crippen LogP contribution in [0.25, 0.3) is 0 Å². The molecule has 3 rings (SSSR count). The molecule has 0 aromatic heterocycles. The van der Waals surface area contributed by atoms with Crippen molar-refractivity contribution in [3.63, 3.8) is 0 Å². The first kappa shape index (κ1) is 21.6. The van der Waals surface area contributed by atoms with Gasteiger partial charge in [0.05, 0.1) is 6.04 Å². The average molecular weight is 408 g/mol. The molecule has 1 fully saturated rings. The molecule has 0 saturated carbocycles. The van der Waals surface area contributed by atoms with Gasteiger partial charge in [-0.15, -0.1) is 0 Å². The second-order valence-electron chi connectivity index (χ2n) is 8.11. The summed E-state index contributed by atoms with van der Waals surface area (Å²) in [7, 11) is 0. The Bertz CT molecular complexity index is 898. The molecule has 2 atom stereocenters. The Morgan fingerprint density at radius 3 is 2.20 bits per heavy atom. The average Bonchev–Trinajstić information content (AvgIpc) is 2.99. The monoisotopic (exact) mass is 407 g/mol. The van der Waals surface area contributed by atoms with E-state index in [0.29, 0.717) is 12.3 Å². The maximum atomic E-state index is 13.2. The second-order valence-corrected chi connectivity index (χ2v) is 8.11. The second kappa shape index (κ2) is 9.11. The first-order valence-corrected chi connectivity index (χ1v) is 10.4. The van der Waals surface area contributed by atoms with Crippen molar-refractivity contribution < 1.29 is 14.4 Å². The van der Waals surface area contributed by atoms with E-state index in [1.54, 1.807) is 0 Å². The van der Waals surface area contributed by atoms with Gasteiger partial charge < -0.3 is 10.6 Å². The molecule has 1 aliphatic heterocycles. The van der Waals surface area contributed by atoms with Crippen LogP contribution in [0.3, 0.4) is 0 Å². The van der Waals surface area contributed by atoms with Gasteiger partial charge in [-0.25, -0.2) is 4.79 Å². The van der Waals surface area contributed by atoms with E-state index in [4.69, 9.17) is 0 Å². The first-order valence-electron chi connectivity index (χ1n) is 10.4. The molecular formula is C24H29N3O3. The van der Waals surface area contributed by atoms with Crippen molar-refractivity contribution in [3.8, 4) is 0 Å². The van der Waals surface area contributed by atoms with Gasteiger partial charge in [0.25, 0.3) is 5.91 Å². The van der Waals surface area contributed by atoms with Crippen molar-refractivity contribution in [2.24, 2.45) is 5.92 Å². The number of hydrogen-bond acceptors (Lipinski definition) is 3. The van der Waals surface area contributed by atoms with Crippen LogP contribution in [0.15, 0.2) is 60.7 Å².